The Morgan fingerprint density at radius 1 is 1.25 bits per heavy atom. The third kappa shape index (κ3) is 9.27. The normalized spacial score (nSPS) is 0. The Hall–Kier alpha value is 3.83. The molecule has 0 aromatic rings. The van der Waals surface area contributed by atoms with Crippen LogP contribution in [0.25, 0.3) is 0 Å². The summed E-state index contributed by atoms with van der Waals surface area (Å²) in [6, 6.07) is 0. The molecule has 0 fully saturated rings. The van der Waals surface area contributed by atoms with Crippen LogP contribution in [0.1, 0.15) is 2.85 Å². The molecule has 0 nitrogen and oxygen atoms in total. The summed E-state index contributed by atoms with van der Waals surface area (Å²) in [4.78, 5) is 0. The van der Waals surface area contributed by atoms with Crippen LogP contribution in [0.3, 0.4) is 0 Å². The summed E-state index contributed by atoms with van der Waals surface area (Å²) < 4.78 is 0. The monoisotopic (exact) mass is 272 g/mol. The van der Waals surface area contributed by atoms with E-state index in [1.54, 1.807) is 0 Å². The standard InChI is InChI=1S/Ca.V.Y.Zr.2H/q+2;;;;2*-1. The molecule has 16 valence electrons. The van der Waals surface area contributed by atoms with Crippen molar-refractivity contribution in [1.29, 1.82) is 0 Å². The van der Waals surface area contributed by atoms with Crippen molar-refractivity contribution >= 4 is 37.7 Å². The van der Waals surface area contributed by atoms with E-state index in [0.717, 1.165) is 0 Å². The van der Waals surface area contributed by atoms with Crippen LogP contribution in [0.15, 0.2) is 0 Å². The topological polar surface area (TPSA) is 0 Å². The maximum Gasteiger partial charge on any atom is 2.00 e. The van der Waals surface area contributed by atoms with Crippen molar-refractivity contribution in [3.05, 3.63) is 0 Å². The molecule has 0 saturated heterocycles. The SMILES string of the molecule is [Ca+2].[H-].[H-].[V].[Y].[Zr]. The van der Waals surface area contributed by atoms with Crippen molar-refractivity contribution in [3.63, 3.8) is 0 Å². The molecule has 0 saturated carbocycles. The second kappa shape index (κ2) is 15.8. The van der Waals surface area contributed by atoms with Gasteiger partial charge in [-0.1, -0.05) is 0 Å². The van der Waals surface area contributed by atoms with Crippen LogP contribution in [0.2, 0.25) is 0 Å². The van der Waals surface area contributed by atoms with E-state index in [2.05, 4.69) is 0 Å². The predicted octanol–water partition coefficient (Wildman–Crippen LogP) is -0.163. The van der Waals surface area contributed by atoms with Gasteiger partial charge < -0.3 is 2.85 Å². The van der Waals surface area contributed by atoms with Gasteiger partial charge in [0.15, 0.2) is 0 Å². The summed E-state index contributed by atoms with van der Waals surface area (Å²) in [6.45, 7) is 0. The summed E-state index contributed by atoms with van der Waals surface area (Å²) in [5.74, 6) is 0. The van der Waals surface area contributed by atoms with Gasteiger partial charge >= 0.3 is 37.7 Å². The Bertz CT molecular complexity index is 13.5. The molecule has 0 aromatic heterocycles. The fourth-order valence-corrected chi connectivity index (χ4v) is 0. The van der Waals surface area contributed by atoms with Gasteiger partial charge in [-0.3, -0.25) is 0 Å². The second-order valence-electron chi connectivity index (χ2n) is 0. The zero-order valence-electron chi connectivity index (χ0n) is 4.23. The van der Waals surface area contributed by atoms with Crippen molar-refractivity contribution in [1.82, 2.24) is 0 Å². The molecule has 0 heterocycles. The largest absolute Gasteiger partial charge is 2.00 e. The predicted molar refractivity (Wildman–Crippen MR) is 7.98 cm³/mol. The van der Waals surface area contributed by atoms with E-state index < -0.39 is 0 Å². The minimum absolute atomic E-state index is 0. The first-order chi connectivity index (χ1) is 0. The summed E-state index contributed by atoms with van der Waals surface area (Å²) in [5, 5.41) is 0. The first-order valence-corrected chi connectivity index (χ1v) is 0. The Morgan fingerprint density at radius 3 is 1.25 bits per heavy atom. The van der Waals surface area contributed by atoms with Crippen LogP contribution in [-0.4, -0.2) is 37.7 Å². The average molecular weight is 273 g/mol. The molecule has 0 rings (SSSR count). The van der Waals surface area contributed by atoms with Crippen molar-refractivity contribution in [3.8, 4) is 0 Å². The maximum atomic E-state index is 0. The van der Waals surface area contributed by atoms with Gasteiger partial charge in [0.1, 0.15) is 0 Å². The first-order valence-electron chi connectivity index (χ1n) is 0. The Labute approximate surface area is 115 Å². The molecule has 0 unspecified atom stereocenters. The second-order valence-corrected chi connectivity index (χ2v) is 0. The summed E-state index contributed by atoms with van der Waals surface area (Å²) in [5.41, 5.74) is 0. The number of hydrogen-bond acceptors (Lipinski definition) is 0. The Balaban J connectivity index is 0. The number of rotatable bonds is 0. The van der Waals surface area contributed by atoms with Crippen LogP contribution in [0.4, 0.5) is 0 Å². The van der Waals surface area contributed by atoms with E-state index in [4.69, 9.17) is 0 Å². The molecule has 0 spiro atoms. The zero-order valence-corrected chi connectivity index (χ0v) is 11.1. The average Bonchev–Trinajstić information content (AvgIpc) is 0. The third-order valence-corrected chi connectivity index (χ3v) is 0. The molecule has 0 N–H and O–H groups in total. The molecule has 4 heavy (non-hydrogen) atoms. The van der Waals surface area contributed by atoms with E-state index in [-0.39, 0.29) is 118 Å². The molecule has 2 radical (unpaired) electrons. The van der Waals surface area contributed by atoms with Gasteiger partial charge in [0.25, 0.3) is 0 Å². The van der Waals surface area contributed by atoms with Crippen molar-refractivity contribution in [2.45, 2.75) is 0 Å². The molecule has 0 aliphatic heterocycles. The van der Waals surface area contributed by atoms with Gasteiger partial charge in [-0.2, -0.15) is 0 Å². The first kappa shape index (κ1) is 24.9. The van der Waals surface area contributed by atoms with Crippen molar-refractivity contribution in [2.75, 3.05) is 0 Å². The van der Waals surface area contributed by atoms with E-state index in [0.29, 0.717) is 0 Å². The van der Waals surface area contributed by atoms with E-state index in [9.17, 15) is 0 Å². The van der Waals surface area contributed by atoms with Crippen molar-refractivity contribution < 1.29 is 80.3 Å². The van der Waals surface area contributed by atoms with Crippen LogP contribution < -0.4 is 0 Å². The minimum Gasteiger partial charge on any atom is -1.00 e. The molecule has 0 aliphatic rings. The van der Waals surface area contributed by atoms with Gasteiger partial charge in [0.05, 0.1) is 0 Å². The van der Waals surface area contributed by atoms with Crippen LogP contribution in [0, 0.1) is 0 Å². The molecule has 0 aliphatic carbocycles. The van der Waals surface area contributed by atoms with E-state index in [1.165, 1.54) is 0 Å². The summed E-state index contributed by atoms with van der Waals surface area (Å²) in [7, 11) is 0. The molecule has 0 aromatic carbocycles. The van der Waals surface area contributed by atoms with Gasteiger partial charge in [0, 0.05) is 77.5 Å². The Morgan fingerprint density at radius 2 is 1.25 bits per heavy atom. The van der Waals surface area contributed by atoms with Gasteiger partial charge in [-0.25, -0.2) is 0 Å². The quantitative estimate of drug-likeness (QED) is 0.538. The van der Waals surface area contributed by atoms with Gasteiger partial charge in [0.2, 0.25) is 0 Å². The minimum atomic E-state index is 0. The zero-order chi connectivity index (χ0) is 0. The van der Waals surface area contributed by atoms with Crippen LogP contribution >= 0.6 is 0 Å². The fraction of sp³-hybridized carbons (Fsp3) is 0. The smallest absolute Gasteiger partial charge is 1.00 e. The molecule has 4 heteroatoms. The summed E-state index contributed by atoms with van der Waals surface area (Å²) in [6.07, 6.45) is 0. The molecule has 0 amide bonds. The molecule has 0 atom stereocenters. The maximum absolute atomic E-state index is 0. The third-order valence-electron chi connectivity index (χ3n) is 0. The Kier molecular flexibility index (Phi) is 98.5. The molecular formula is H2CaVYZr. The van der Waals surface area contributed by atoms with Crippen LogP contribution in [0.5, 0.6) is 0 Å². The fourth-order valence-electron chi connectivity index (χ4n) is 0. The van der Waals surface area contributed by atoms with E-state index >= 15 is 0 Å². The summed E-state index contributed by atoms with van der Waals surface area (Å²) >= 11 is 0. The molecular weight excluding hydrogens is 271 g/mol. The van der Waals surface area contributed by atoms with Crippen molar-refractivity contribution in [2.24, 2.45) is 0 Å². The van der Waals surface area contributed by atoms with Gasteiger partial charge in [-0.15, -0.1) is 0 Å². The van der Waals surface area contributed by atoms with E-state index in [1.807, 2.05) is 0 Å². The van der Waals surface area contributed by atoms with Gasteiger partial charge in [-0.05, 0) is 0 Å². The molecule has 0 bridgehead atoms. The number of hydrogen-bond donors (Lipinski definition) is 0. The van der Waals surface area contributed by atoms with Crippen LogP contribution in [-0.2, 0) is 77.5 Å².